The molecule has 0 saturated heterocycles. The zero-order valence-corrected chi connectivity index (χ0v) is 11.5. The maximum absolute atomic E-state index is 11.1. The van der Waals surface area contributed by atoms with Crippen LogP contribution in [-0.2, 0) is 11.2 Å². The molecule has 0 saturated carbocycles. The first kappa shape index (κ1) is 14.0. The second-order valence-corrected chi connectivity index (χ2v) is 4.27. The van der Waals surface area contributed by atoms with E-state index >= 15 is 0 Å². The number of alkyl carbamates (subject to hydrolysis) is 1. The molecular formula is C14H17N3O3. The molecule has 2 rings (SSSR count). The predicted octanol–water partition coefficient (Wildman–Crippen LogP) is 2.33. The van der Waals surface area contributed by atoms with Crippen molar-refractivity contribution in [3.63, 3.8) is 0 Å². The summed E-state index contributed by atoms with van der Waals surface area (Å²) in [6.45, 7) is 4.52. The molecular weight excluding hydrogens is 258 g/mol. The highest BCUT2D eigenvalue weighted by Crippen LogP contribution is 2.16. The van der Waals surface area contributed by atoms with E-state index in [1.807, 2.05) is 31.2 Å². The number of ether oxygens (including phenoxy) is 1. The van der Waals surface area contributed by atoms with E-state index in [0.29, 0.717) is 31.3 Å². The summed E-state index contributed by atoms with van der Waals surface area (Å²) in [7, 11) is 0. The molecule has 0 radical (unpaired) electrons. The van der Waals surface area contributed by atoms with Crippen LogP contribution < -0.4 is 5.32 Å². The minimum absolute atomic E-state index is 0.351. The minimum atomic E-state index is -0.439. The fourth-order valence-electron chi connectivity index (χ4n) is 1.63. The van der Waals surface area contributed by atoms with Crippen LogP contribution in [0.5, 0.6) is 0 Å². The Labute approximate surface area is 117 Å². The van der Waals surface area contributed by atoms with Gasteiger partial charge < -0.3 is 14.6 Å². The molecule has 0 aliphatic rings. The molecule has 20 heavy (non-hydrogen) atoms. The van der Waals surface area contributed by atoms with Gasteiger partial charge in [-0.3, -0.25) is 0 Å². The summed E-state index contributed by atoms with van der Waals surface area (Å²) < 4.78 is 9.89. The lowest BCUT2D eigenvalue weighted by molar-refractivity contribution is 0.152. The van der Waals surface area contributed by atoms with Gasteiger partial charge in [-0.2, -0.15) is 4.98 Å². The van der Waals surface area contributed by atoms with E-state index in [4.69, 9.17) is 9.26 Å². The zero-order valence-electron chi connectivity index (χ0n) is 11.5. The molecule has 1 amide bonds. The monoisotopic (exact) mass is 275 g/mol. The SMILES string of the molecule is CCOC(=O)NCCc1nc(-c2ccc(C)cc2)no1. The maximum Gasteiger partial charge on any atom is 0.407 e. The highest BCUT2D eigenvalue weighted by Gasteiger charge is 2.09. The molecule has 6 heteroatoms. The third kappa shape index (κ3) is 3.81. The highest BCUT2D eigenvalue weighted by molar-refractivity contribution is 5.67. The Kier molecular flexibility index (Phi) is 4.70. The minimum Gasteiger partial charge on any atom is -0.450 e. The normalized spacial score (nSPS) is 10.3. The van der Waals surface area contributed by atoms with Gasteiger partial charge in [0.15, 0.2) is 0 Å². The Morgan fingerprint density at radius 1 is 1.35 bits per heavy atom. The fraction of sp³-hybridized carbons (Fsp3) is 0.357. The average Bonchev–Trinajstić information content (AvgIpc) is 2.89. The summed E-state index contributed by atoms with van der Waals surface area (Å²) in [4.78, 5) is 15.4. The molecule has 0 bridgehead atoms. The molecule has 1 aromatic heterocycles. The fourth-order valence-corrected chi connectivity index (χ4v) is 1.63. The number of hydrogen-bond acceptors (Lipinski definition) is 5. The van der Waals surface area contributed by atoms with Gasteiger partial charge in [-0.05, 0) is 13.8 Å². The molecule has 1 aromatic carbocycles. The molecule has 0 atom stereocenters. The van der Waals surface area contributed by atoms with Crippen LogP contribution in [0.1, 0.15) is 18.4 Å². The number of benzene rings is 1. The Bertz CT molecular complexity index is 563. The number of carbonyl (C=O) groups excluding carboxylic acids is 1. The van der Waals surface area contributed by atoms with Crippen LogP contribution in [0, 0.1) is 6.92 Å². The van der Waals surface area contributed by atoms with Gasteiger partial charge >= 0.3 is 6.09 Å². The van der Waals surface area contributed by atoms with Gasteiger partial charge in [0, 0.05) is 18.5 Å². The molecule has 106 valence electrons. The number of amides is 1. The van der Waals surface area contributed by atoms with E-state index in [-0.39, 0.29) is 0 Å². The maximum atomic E-state index is 11.1. The number of nitrogens with one attached hydrogen (secondary N) is 1. The van der Waals surface area contributed by atoms with Crippen LogP contribution in [0.25, 0.3) is 11.4 Å². The van der Waals surface area contributed by atoms with E-state index in [1.165, 1.54) is 5.56 Å². The topological polar surface area (TPSA) is 77.2 Å². The van der Waals surface area contributed by atoms with Crippen LogP contribution in [0.3, 0.4) is 0 Å². The van der Waals surface area contributed by atoms with E-state index in [9.17, 15) is 4.79 Å². The first-order valence-corrected chi connectivity index (χ1v) is 6.49. The Morgan fingerprint density at radius 2 is 2.10 bits per heavy atom. The smallest absolute Gasteiger partial charge is 0.407 e. The molecule has 0 fully saturated rings. The average molecular weight is 275 g/mol. The zero-order chi connectivity index (χ0) is 14.4. The van der Waals surface area contributed by atoms with Crippen LogP contribution >= 0.6 is 0 Å². The van der Waals surface area contributed by atoms with E-state index in [2.05, 4.69) is 15.5 Å². The van der Waals surface area contributed by atoms with Crippen molar-refractivity contribution in [3.05, 3.63) is 35.7 Å². The molecule has 6 nitrogen and oxygen atoms in total. The first-order valence-electron chi connectivity index (χ1n) is 6.49. The number of aryl methyl sites for hydroxylation is 1. The van der Waals surface area contributed by atoms with E-state index < -0.39 is 6.09 Å². The van der Waals surface area contributed by atoms with Crippen LogP contribution in [0.2, 0.25) is 0 Å². The molecule has 1 heterocycles. The van der Waals surface area contributed by atoms with Crippen molar-refractivity contribution in [2.75, 3.05) is 13.2 Å². The molecule has 0 unspecified atom stereocenters. The van der Waals surface area contributed by atoms with E-state index in [1.54, 1.807) is 6.92 Å². The van der Waals surface area contributed by atoms with Gasteiger partial charge in [-0.1, -0.05) is 35.0 Å². The lowest BCUT2D eigenvalue weighted by Crippen LogP contribution is -2.26. The van der Waals surface area contributed by atoms with Crippen molar-refractivity contribution < 1.29 is 14.1 Å². The summed E-state index contributed by atoms with van der Waals surface area (Å²) >= 11 is 0. The number of hydrogen-bond donors (Lipinski definition) is 1. The van der Waals surface area contributed by atoms with Crippen molar-refractivity contribution in [1.82, 2.24) is 15.5 Å². The Hall–Kier alpha value is -2.37. The van der Waals surface area contributed by atoms with Gasteiger partial charge in [0.1, 0.15) is 0 Å². The first-order chi connectivity index (χ1) is 9.69. The Balaban J connectivity index is 1.89. The number of rotatable bonds is 5. The molecule has 0 aliphatic heterocycles. The molecule has 1 N–H and O–H groups in total. The number of nitrogens with zero attached hydrogens (tertiary/aromatic N) is 2. The van der Waals surface area contributed by atoms with Gasteiger partial charge in [0.05, 0.1) is 6.61 Å². The molecule has 0 spiro atoms. The highest BCUT2D eigenvalue weighted by atomic mass is 16.5. The van der Waals surface area contributed by atoms with Crippen molar-refractivity contribution in [2.45, 2.75) is 20.3 Å². The summed E-state index contributed by atoms with van der Waals surface area (Å²) in [5, 5.41) is 6.52. The second kappa shape index (κ2) is 6.70. The van der Waals surface area contributed by atoms with Crippen molar-refractivity contribution in [2.24, 2.45) is 0 Å². The van der Waals surface area contributed by atoms with Crippen molar-refractivity contribution in [3.8, 4) is 11.4 Å². The lowest BCUT2D eigenvalue weighted by atomic mass is 10.1. The quantitative estimate of drug-likeness (QED) is 0.906. The predicted molar refractivity (Wildman–Crippen MR) is 73.2 cm³/mol. The molecule has 0 aliphatic carbocycles. The summed E-state index contributed by atoms with van der Waals surface area (Å²) in [6.07, 6.45) is 0.0308. The van der Waals surface area contributed by atoms with Crippen LogP contribution in [-0.4, -0.2) is 29.4 Å². The third-order valence-corrected chi connectivity index (χ3v) is 2.66. The summed E-state index contributed by atoms with van der Waals surface area (Å²) in [5.41, 5.74) is 2.08. The second-order valence-electron chi connectivity index (χ2n) is 4.27. The van der Waals surface area contributed by atoms with Crippen molar-refractivity contribution >= 4 is 6.09 Å². The van der Waals surface area contributed by atoms with Gasteiger partial charge in [0.2, 0.25) is 11.7 Å². The van der Waals surface area contributed by atoms with Gasteiger partial charge in [-0.25, -0.2) is 4.79 Å². The van der Waals surface area contributed by atoms with Crippen LogP contribution in [0.15, 0.2) is 28.8 Å². The van der Waals surface area contributed by atoms with Crippen molar-refractivity contribution in [1.29, 1.82) is 0 Å². The summed E-state index contributed by atoms with van der Waals surface area (Å²) in [6, 6.07) is 7.88. The Morgan fingerprint density at radius 3 is 2.80 bits per heavy atom. The molecule has 2 aromatic rings. The van der Waals surface area contributed by atoms with Gasteiger partial charge in [-0.15, -0.1) is 0 Å². The van der Waals surface area contributed by atoms with Gasteiger partial charge in [0.25, 0.3) is 0 Å². The number of aromatic nitrogens is 2. The third-order valence-electron chi connectivity index (χ3n) is 2.66. The standard InChI is InChI=1S/C14H17N3O3/c1-3-19-14(18)15-9-8-12-16-13(17-20-12)11-6-4-10(2)5-7-11/h4-7H,3,8-9H2,1-2H3,(H,15,18). The lowest BCUT2D eigenvalue weighted by Gasteiger charge is -2.02. The van der Waals surface area contributed by atoms with E-state index in [0.717, 1.165) is 5.56 Å². The number of carbonyl (C=O) groups is 1. The van der Waals surface area contributed by atoms with Crippen LogP contribution in [0.4, 0.5) is 4.79 Å². The largest absolute Gasteiger partial charge is 0.450 e. The summed E-state index contributed by atoms with van der Waals surface area (Å²) in [5.74, 6) is 1.04.